The smallest absolute Gasteiger partial charge is 0.387 e. The van der Waals surface area contributed by atoms with Gasteiger partial charge >= 0.3 is 12.6 Å². The van der Waals surface area contributed by atoms with Crippen LogP contribution in [-0.2, 0) is 19.9 Å². The van der Waals surface area contributed by atoms with E-state index < -0.39 is 38.1 Å². The van der Waals surface area contributed by atoms with E-state index in [0.717, 1.165) is 18.9 Å². The average molecular weight is 631 g/mol. The number of halogens is 2. The highest BCUT2D eigenvalue weighted by Gasteiger charge is 2.36. The van der Waals surface area contributed by atoms with Crippen molar-refractivity contribution in [2.24, 2.45) is 0 Å². The van der Waals surface area contributed by atoms with E-state index >= 15 is 0 Å². The van der Waals surface area contributed by atoms with Gasteiger partial charge in [0.05, 0.1) is 17.7 Å². The highest BCUT2D eigenvalue weighted by Crippen LogP contribution is 2.43. The van der Waals surface area contributed by atoms with E-state index in [4.69, 9.17) is 14.2 Å². The van der Waals surface area contributed by atoms with Crippen molar-refractivity contribution >= 4 is 14.0 Å². The van der Waals surface area contributed by atoms with Gasteiger partial charge < -0.3 is 29.3 Å². The Morgan fingerprint density at radius 3 is 2.43 bits per heavy atom. The number of hydrogen-bond donors (Lipinski definition) is 1. The number of aromatic nitrogens is 2. The third-order valence-electron chi connectivity index (χ3n) is 7.38. The Morgan fingerprint density at radius 1 is 1.11 bits per heavy atom. The topological polar surface area (TPSA) is 114 Å². The number of benzene rings is 1. The fourth-order valence-electron chi connectivity index (χ4n) is 4.73. The molecule has 0 saturated heterocycles. The second kappa shape index (κ2) is 14.0. The molecule has 1 fully saturated rings. The van der Waals surface area contributed by atoms with E-state index in [-0.39, 0.29) is 30.0 Å². The maximum Gasteiger partial charge on any atom is 0.387 e. The number of hydrogen-bond acceptors (Lipinski definition) is 7. The minimum Gasteiger partial charge on any atom is -0.619 e. The van der Waals surface area contributed by atoms with Crippen molar-refractivity contribution in [2.45, 2.75) is 82.5 Å². The lowest BCUT2D eigenvalue weighted by Gasteiger charge is -2.28. The molecule has 238 valence electrons. The van der Waals surface area contributed by atoms with Gasteiger partial charge in [-0.05, 0) is 68.1 Å². The second-order valence-corrected chi connectivity index (χ2v) is 18.3. The molecule has 9 nitrogen and oxygen atoms in total. The fourth-order valence-corrected chi connectivity index (χ4v) is 5.48. The number of alkyl halides is 2. The summed E-state index contributed by atoms with van der Waals surface area (Å²) in [5, 5.41) is 22.6. The Hall–Kier alpha value is -3.61. The molecule has 2 heterocycles. The number of carboxylic acid groups (broad SMARTS) is 1. The van der Waals surface area contributed by atoms with Crippen LogP contribution >= 0.6 is 0 Å². The summed E-state index contributed by atoms with van der Waals surface area (Å²) in [6, 6.07) is 12.0. The normalized spacial score (nSPS) is 15.2. The van der Waals surface area contributed by atoms with Gasteiger partial charge in [-0.3, -0.25) is 9.78 Å². The first-order valence-electron chi connectivity index (χ1n) is 14.6. The number of aliphatic carboxylic acids is 1. The first-order valence-corrected chi connectivity index (χ1v) is 18.3. The molecule has 44 heavy (non-hydrogen) atoms. The zero-order chi connectivity index (χ0) is 32.1. The van der Waals surface area contributed by atoms with Crippen LogP contribution in [0.3, 0.4) is 0 Å². The fraction of sp³-hybridized carbons (Fsp3) is 0.469. The van der Waals surface area contributed by atoms with Crippen LogP contribution in [0.15, 0.2) is 61.1 Å². The summed E-state index contributed by atoms with van der Waals surface area (Å²) in [6.45, 7) is 8.22. The molecule has 2 unspecified atom stereocenters. The SMILES string of the molecule is CC(C)(OCOCC[Si](C)(C)C)c1ccc(C(c2ccc(OC(F)F)c(OC3CC3)c2)C(C(=O)O)c2ccc[n+]([O-])c2)cn1. The van der Waals surface area contributed by atoms with Gasteiger partial charge in [0.15, 0.2) is 23.9 Å². The van der Waals surface area contributed by atoms with Crippen molar-refractivity contribution < 1.29 is 42.4 Å². The molecule has 12 heteroatoms. The van der Waals surface area contributed by atoms with Crippen molar-refractivity contribution in [1.82, 2.24) is 4.98 Å². The summed E-state index contributed by atoms with van der Waals surface area (Å²) >= 11 is 0. The molecule has 2 aromatic heterocycles. The van der Waals surface area contributed by atoms with Crippen molar-refractivity contribution in [2.75, 3.05) is 13.4 Å². The molecule has 1 aromatic carbocycles. The summed E-state index contributed by atoms with van der Waals surface area (Å²) in [4.78, 5) is 17.5. The van der Waals surface area contributed by atoms with Gasteiger partial charge in [0.25, 0.3) is 0 Å². The third kappa shape index (κ3) is 9.20. The van der Waals surface area contributed by atoms with Crippen molar-refractivity contribution in [3.63, 3.8) is 0 Å². The summed E-state index contributed by atoms with van der Waals surface area (Å²) in [5.74, 6) is -3.31. The van der Waals surface area contributed by atoms with Crippen LogP contribution in [0.4, 0.5) is 8.78 Å². The van der Waals surface area contributed by atoms with E-state index in [1.807, 2.05) is 13.8 Å². The summed E-state index contributed by atoms with van der Waals surface area (Å²) < 4.78 is 49.1. The van der Waals surface area contributed by atoms with Crippen LogP contribution in [0.2, 0.25) is 25.7 Å². The summed E-state index contributed by atoms with van der Waals surface area (Å²) in [6.07, 6.45) is 5.48. The third-order valence-corrected chi connectivity index (χ3v) is 9.08. The molecular weight excluding hydrogens is 590 g/mol. The van der Waals surface area contributed by atoms with E-state index in [9.17, 15) is 23.9 Å². The van der Waals surface area contributed by atoms with E-state index in [1.165, 1.54) is 36.7 Å². The zero-order valence-corrected chi connectivity index (χ0v) is 26.7. The average Bonchev–Trinajstić information content (AvgIpc) is 3.75. The predicted octanol–water partition coefficient (Wildman–Crippen LogP) is 6.42. The summed E-state index contributed by atoms with van der Waals surface area (Å²) in [5.41, 5.74) is 1.07. The van der Waals surface area contributed by atoms with E-state index in [0.29, 0.717) is 28.2 Å². The largest absolute Gasteiger partial charge is 0.619 e. The number of carboxylic acids is 1. The second-order valence-electron chi connectivity index (χ2n) is 12.7. The Kier molecular flexibility index (Phi) is 10.6. The molecule has 3 aromatic rings. The molecule has 0 bridgehead atoms. The van der Waals surface area contributed by atoms with Crippen molar-refractivity contribution in [3.8, 4) is 11.5 Å². The number of carbonyl (C=O) groups is 1. The molecule has 1 aliphatic rings. The number of rotatable bonds is 16. The first kappa shape index (κ1) is 33.3. The molecular formula is C32H40F2N2O7Si. The van der Waals surface area contributed by atoms with Crippen LogP contribution in [0.1, 0.15) is 60.9 Å². The first-order chi connectivity index (χ1) is 20.7. The molecule has 1 saturated carbocycles. The van der Waals surface area contributed by atoms with Crippen LogP contribution < -0.4 is 14.2 Å². The van der Waals surface area contributed by atoms with E-state index in [2.05, 4.69) is 29.4 Å². The van der Waals surface area contributed by atoms with Crippen LogP contribution in [0.5, 0.6) is 11.5 Å². The quantitative estimate of drug-likeness (QED) is 0.0634. The molecule has 1 N–H and O–H groups in total. The zero-order valence-electron chi connectivity index (χ0n) is 25.7. The maximum absolute atomic E-state index is 13.2. The van der Waals surface area contributed by atoms with Crippen LogP contribution in [0, 0.1) is 5.21 Å². The number of pyridine rings is 2. The van der Waals surface area contributed by atoms with E-state index in [1.54, 1.807) is 24.4 Å². The maximum atomic E-state index is 13.2. The van der Waals surface area contributed by atoms with Gasteiger partial charge in [0.1, 0.15) is 12.4 Å². The van der Waals surface area contributed by atoms with Crippen LogP contribution in [0.25, 0.3) is 0 Å². The van der Waals surface area contributed by atoms with Gasteiger partial charge in [0.2, 0.25) is 0 Å². The lowest BCUT2D eigenvalue weighted by molar-refractivity contribution is -0.605. The number of ether oxygens (including phenoxy) is 4. The Balaban J connectivity index is 1.69. The minimum absolute atomic E-state index is 0.0969. The monoisotopic (exact) mass is 630 g/mol. The molecule has 1 aliphatic carbocycles. The Bertz CT molecular complexity index is 1410. The van der Waals surface area contributed by atoms with Gasteiger partial charge in [0, 0.05) is 38.4 Å². The lowest BCUT2D eigenvalue weighted by Crippen LogP contribution is -2.29. The summed E-state index contributed by atoms with van der Waals surface area (Å²) in [7, 11) is -1.23. The van der Waals surface area contributed by atoms with Gasteiger partial charge in [-0.25, -0.2) is 0 Å². The van der Waals surface area contributed by atoms with Crippen molar-refractivity contribution in [3.05, 3.63) is 88.6 Å². The molecule has 0 spiro atoms. The molecule has 0 amide bonds. The standard InChI is InChI=1S/C32H40F2N2O7Si/c1-32(2,41-20-40-15-16-44(3,4)5)27-13-9-22(18-35-27)28(29(30(37)38)23-7-6-14-36(39)19-23)21-8-12-25(43-31(33)34)26(17-21)42-24-10-11-24/h6-9,12-14,17-19,24,28-29,31H,10-11,15-16,20H2,1-5H3,(H,37,38). The molecule has 0 aliphatic heterocycles. The Morgan fingerprint density at radius 2 is 1.84 bits per heavy atom. The van der Waals surface area contributed by atoms with Crippen molar-refractivity contribution in [1.29, 1.82) is 0 Å². The molecule has 4 rings (SSSR count). The highest BCUT2D eigenvalue weighted by molar-refractivity contribution is 6.76. The lowest BCUT2D eigenvalue weighted by atomic mass is 9.77. The van der Waals surface area contributed by atoms with Gasteiger partial charge in [-0.1, -0.05) is 31.8 Å². The van der Waals surface area contributed by atoms with Gasteiger partial charge in [-0.2, -0.15) is 13.5 Å². The predicted molar refractivity (Wildman–Crippen MR) is 162 cm³/mol. The van der Waals surface area contributed by atoms with Gasteiger partial charge in [-0.15, -0.1) is 0 Å². The Labute approximate surface area is 257 Å². The number of nitrogens with zero attached hydrogens (tertiary/aromatic N) is 2. The highest BCUT2D eigenvalue weighted by atomic mass is 28.3. The molecule has 2 atom stereocenters. The van der Waals surface area contributed by atoms with Crippen LogP contribution in [-0.4, -0.2) is 50.2 Å². The minimum atomic E-state index is -3.06. The molecule has 0 radical (unpaired) electrons.